The van der Waals surface area contributed by atoms with Crippen LogP contribution in [0.5, 0.6) is 0 Å². The number of hydrogen-bond donors (Lipinski definition) is 2. The first-order chi connectivity index (χ1) is 17.4. The maximum atomic E-state index is 13.7. The number of nitrogens with one attached hydrogen (secondary N) is 2. The third kappa shape index (κ3) is 8.89. The van der Waals surface area contributed by atoms with Crippen LogP contribution in [0.1, 0.15) is 39.9 Å². The average molecular weight is 624 g/mol. The molecular weight excluding hydrogens is 605 g/mol. The summed E-state index contributed by atoms with van der Waals surface area (Å²) in [5, 5.41) is 3.81. The Morgan fingerprint density at radius 3 is 2.08 bits per heavy atom. The number of alkyl halides is 6. The molecule has 2 aromatic rings. The molecular formula is C23H19Cl3F6N2O3S. The second kappa shape index (κ2) is 12.7. The molecule has 0 heterocycles. The molecule has 5 nitrogen and oxygen atoms in total. The van der Waals surface area contributed by atoms with Gasteiger partial charge in [-0.15, -0.1) is 0 Å². The molecule has 2 amide bonds. The molecule has 0 bridgehead atoms. The molecule has 2 rings (SSSR count). The number of amides is 2. The van der Waals surface area contributed by atoms with Gasteiger partial charge in [0.25, 0.3) is 5.91 Å². The Balaban J connectivity index is 2.38. The van der Waals surface area contributed by atoms with Crippen molar-refractivity contribution in [3.8, 4) is 0 Å². The minimum atomic E-state index is -5.04. The van der Waals surface area contributed by atoms with Crippen molar-refractivity contribution in [3.63, 3.8) is 0 Å². The summed E-state index contributed by atoms with van der Waals surface area (Å²) in [7, 11) is -1.48. The highest BCUT2D eigenvalue weighted by molar-refractivity contribution is 7.85. The van der Waals surface area contributed by atoms with E-state index in [1.54, 1.807) is 0 Å². The lowest BCUT2D eigenvalue weighted by Crippen LogP contribution is -2.47. The van der Waals surface area contributed by atoms with Gasteiger partial charge in [0.15, 0.2) is 0 Å². The number of carbonyl (C=O) groups excluding carboxylic acids is 2. The Morgan fingerprint density at radius 2 is 1.58 bits per heavy atom. The number of halogens is 9. The molecule has 0 aliphatic carbocycles. The zero-order valence-corrected chi connectivity index (χ0v) is 22.5. The summed E-state index contributed by atoms with van der Waals surface area (Å²) >= 11 is 17.4. The van der Waals surface area contributed by atoms with Crippen LogP contribution in [0, 0.1) is 0 Å². The fourth-order valence-electron chi connectivity index (χ4n) is 3.25. The summed E-state index contributed by atoms with van der Waals surface area (Å²) in [5.74, 6) is -4.55. The molecule has 0 saturated carbocycles. The van der Waals surface area contributed by atoms with Crippen molar-refractivity contribution in [2.75, 3.05) is 12.0 Å². The minimum absolute atomic E-state index is 0.153. The van der Waals surface area contributed by atoms with Crippen molar-refractivity contribution >= 4 is 63.5 Å². The predicted octanol–water partition coefficient (Wildman–Crippen LogP) is 6.60. The maximum Gasteiger partial charge on any atom is 0.417 e. The van der Waals surface area contributed by atoms with Gasteiger partial charge in [0.05, 0.1) is 38.3 Å². The van der Waals surface area contributed by atoms with Crippen molar-refractivity contribution < 1.29 is 40.1 Å². The molecule has 208 valence electrons. The van der Waals surface area contributed by atoms with Crippen molar-refractivity contribution in [2.45, 2.75) is 31.4 Å². The van der Waals surface area contributed by atoms with Gasteiger partial charge in [-0.25, -0.2) is 0 Å². The van der Waals surface area contributed by atoms with E-state index in [2.05, 4.69) is 10.6 Å². The molecule has 0 spiro atoms. The third-order valence-electron chi connectivity index (χ3n) is 4.85. The number of benzene rings is 2. The molecule has 0 saturated heterocycles. The van der Waals surface area contributed by atoms with Crippen LogP contribution in [-0.4, -0.2) is 40.4 Å². The minimum Gasteiger partial charge on any atom is -0.335 e. The van der Waals surface area contributed by atoms with Crippen LogP contribution in [0.2, 0.25) is 15.1 Å². The Hall–Kier alpha value is -2.28. The fourth-order valence-corrected chi connectivity index (χ4v) is 4.31. The Labute approximate surface area is 231 Å². The molecule has 0 aromatic heterocycles. The van der Waals surface area contributed by atoms with E-state index in [0.29, 0.717) is 12.1 Å². The lowest BCUT2D eigenvalue weighted by atomic mass is 9.96. The lowest BCUT2D eigenvalue weighted by molar-refractivity contribution is -0.139. The van der Waals surface area contributed by atoms with Crippen LogP contribution in [0.15, 0.2) is 36.4 Å². The van der Waals surface area contributed by atoms with Gasteiger partial charge in [-0.3, -0.25) is 13.8 Å². The summed E-state index contributed by atoms with van der Waals surface area (Å²) < 4.78 is 93.5. The topological polar surface area (TPSA) is 75.3 Å². The van der Waals surface area contributed by atoms with E-state index in [4.69, 9.17) is 34.8 Å². The van der Waals surface area contributed by atoms with Gasteiger partial charge in [-0.05, 0) is 42.3 Å². The fraction of sp³-hybridized carbons (Fsp3) is 0.304. The van der Waals surface area contributed by atoms with Gasteiger partial charge < -0.3 is 10.6 Å². The number of rotatable bonds is 8. The quantitative estimate of drug-likeness (QED) is 0.198. The highest BCUT2D eigenvalue weighted by atomic mass is 35.5. The molecule has 38 heavy (non-hydrogen) atoms. The van der Waals surface area contributed by atoms with E-state index in [1.807, 2.05) is 0 Å². The van der Waals surface area contributed by atoms with Crippen LogP contribution >= 0.6 is 34.8 Å². The van der Waals surface area contributed by atoms with Crippen molar-refractivity contribution in [1.82, 2.24) is 10.6 Å². The molecule has 0 aliphatic rings. The van der Waals surface area contributed by atoms with Gasteiger partial charge in [0.2, 0.25) is 5.91 Å². The van der Waals surface area contributed by atoms with Gasteiger partial charge in [0, 0.05) is 17.1 Å². The first-order valence-corrected chi connectivity index (χ1v) is 13.3. The van der Waals surface area contributed by atoms with E-state index in [9.17, 15) is 40.1 Å². The van der Waals surface area contributed by atoms with E-state index in [-0.39, 0.29) is 31.9 Å². The molecule has 2 aromatic carbocycles. The first-order valence-electron chi connectivity index (χ1n) is 10.4. The predicted molar refractivity (Wildman–Crippen MR) is 135 cm³/mol. The monoisotopic (exact) mass is 622 g/mol. The van der Waals surface area contributed by atoms with Crippen LogP contribution in [0.3, 0.4) is 0 Å². The van der Waals surface area contributed by atoms with Gasteiger partial charge in [-0.2, -0.15) is 26.3 Å². The largest absolute Gasteiger partial charge is 0.417 e. The van der Waals surface area contributed by atoms with Crippen molar-refractivity contribution in [3.05, 3.63) is 73.7 Å². The van der Waals surface area contributed by atoms with Crippen LogP contribution in [0.4, 0.5) is 26.3 Å². The summed E-state index contributed by atoms with van der Waals surface area (Å²) in [6.07, 6.45) is -8.29. The molecule has 2 unspecified atom stereocenters. The molecule has 3 atom stereocenters. The standard InChI is InChI=1S/C23H19Cl3F6N2O3S/c1-11(33-19(35)10-38(2)37)34-21(36)14-5-3-12(7-16(14)23(30,31)32)4-6-15(22(27,28)29)13-8-17(24)20(26)18(25)9-13/h3-9,11,15H,10H2,1-2H3,(H,33,35)(H,34,36)/t11-,15?,38?/m1/s1. The maximum absolute atomic E-state index is 13.7. The zero-order valence-electron chi connectivity index (χ0n) is 19.4. The van der Waals surface area contributed by atoms with Gasteiger partial charge in [0.1, 0.15) is 5.75 Å². The zero-order chi connectivity index (χ0) is 29.0. The Morgan fingerprint density at radius 1 is 1.00 bits per heavy atom. The van der Waals surface area contributed by atoms with Gasteiger partial charge >= 0.3 is 12.4 Å². The summed E-state index contributed by atoms with van der Waals surface area (Å²) in [5.41, 5.74) is -2.89. The summed E-state index contributed by atoms with van der Waals surface area (Å²) in [6.45, 7) is 1.28. The summed E-state index contributed by atoms with van der Waals surface area (Å²) in [4.78, 5) is 24.1. The smallest absolute Gasteiger partial charge is 0.335 e. The van der Waals surface area contributed by atoms with Crippen LogP contribution in [-0.2, 0) is 21.8 Å². The lowest BCUT2D eigenvalue weighted by Gasteiger charge is -2.19. The highest BCUT2D eigenvalue weighted by Crippen LogP contribution is 2.41. The van der Waals surface area contributed by atoms with E-state index in [0.717, 1.165) is 30.3 Å². The van der Waals surface area contributed by atoms with Crippen molar-refractivity contribution in [1.29, 1.82) is 0 Å². The second-order valence-corrected chi connectivity index (χ2v) is 10.6. The normalized spacial score (nSPS) is 14.7. The number of carbonyl (C=O) groups is 2. The Bertz CT molecular complexity index is 1240. The number of hydrogen-bond acceptors (Lipinski definition) is 3. The van der Waals surface area contributed by atoms with E-state index >= 15 is 0 Å². The third-order valence-corrected chi connectivity index (χ3v) is 6.72. The summed E-state index contributed by atoms with van der Waals surface area (Å²) in [6, 6.07) is 4.24. The second-order valence-electron chi connectivity index (χ2n) is 7.96. The Kier molecular flexibility index (Phi) is 10.7. The van der Waals surface area contributed by atoms with Gasteiger partial charge in [-0.1, -0.05) is 53.0 Å². The molecule has 0 fully saturated rings. The highest BCUT2D eigenvalue weighted by Gasteiger charge is 2.40. The average Bonchev–Trinajstić information content (AvgIpc) is 2.75. The SMILES string of the molecule is C[C@H](NC(=O)CS(C)=O)NC(=O)c1ccc(C=CC(c2cc(Cl)c(Cl)c(Cl)c2)C(F)(F)F)cc1C(F)(F)F. The van der Waals surface area contributed by atoms with E-state index < -0.39 is 58.2 Å². The van der Waals surface area contributed by atoms with E-state index in [1.165, 1.54) is 13.2 Å². The van der Waals surface area contributed by atoms with Crippen molar-refractivity contribution in [2.24, 2.45) is 0 Å². The molecule has 2 N–H and O–H groups in total. The molecule has 0 radical (unpaired) electrons. The molecule has 0 aliphatic heterocycles. The molecule has 15 heteroatoms. The van der Waals surface area contributed by atoms with Crippen LogP contribution in [0.25, 0.3) is 6.08 Å². The number of allylic oxidation sites excluding steroid dienone is 1. The van der Waals surface area contributed by atoms with Crippen LogP contribution < -0.4 is 10.6 Å². The first kappa shape index (κ1) is 31.9.